The number of morpholine rings is 1. The van der Waals surface area contributed by atoms with Gasteiger partial charge in [0.05, 0.1) is 12.2 Å². The molecule has 6 heteroatoms. The summed E-state index contributed by atoms with van der Waals surface area (Å²) >= 11 is 0. The molecule has 2 N–H and O–H groups in total. The van der Waals surface area contributed by atoms with Gasteiger partial charge in [-0.15, -0.1) is 0 Å². The molecule has 0 radical (unpaired) electrons. The van der Waals surface area contributed by atoms with Crippen LogP contribution in [0.1, 0.15) is 40.0 Å². The van der Waals surface area contributed by atoms with Crippen molar-refractivity contribution in [2.24, 2.45) is 5.92 Å². The third-order valence-electron chi connectivity index (χ3n) is 3.47. The van der Waals surface area contributed by atoms with Crippen molar-refractivity contribution in [2.45, 2.75) is 52.2 Å². The smallest absolute Gasteiger partial charge is 0.317 e. The highest BCUT2D eigenvalue weighted by Crippen LogP contribution is 2.11. The third kappa shape index (κ3) is 6.23. The Morgan fingerprint density at radius 2 is 1.90 bits per heavy atom. The van der Waals surface area contributed by atoms with Crippen LogP contribution in [0.5, 0.6) is 0 Å². The van der Waals surface area contributed by atoms with Gasteiger partial charge in [-0.05, 0) is 32.6 Å². The molecule has 0 bridgehead atoms. The van der Waals surface area contributed by atoms with Gasteiger partial charge in [-0.25, -0.2) is 4.79 Å². The minimum absolute atomic E-state index is 0.0579. The number of nitrogens with one attached hydrogen (secondary N) is 1. The molecule has 0 aromatic heterocycles. The van der Waals surface area contributed by atoms with E-state index in [1.165, 1.54) is 0 Å². The number of aliphatic carboxylic acids is 1. The highest BCUT2D eigenvalue weighted by Gasteiger charge is 2.25. The van der Waals surface area contributed by atoms with Crippen LogP contribution in [-0.2, 0) is 9.53 Å². The van der Waals surface area contributed by atoms with Gasteiger partial charge in [-0.1, -0.05) is 6.92 Å². The Hall–Kier alpha value is -1.30. The number of carboxylic acids is 1. The summed E-state index contributed by atoms with van der Waals surface area (Å²) in [6, 6.07) is -0.0579. The summed E-state index contributed by atoms with van der Waals surface area (Å²) in [6.07, 6.45) is 1.77. The van der Waals surface area contributed by atoms with Crippen LogP contribution in [0, 0.1) is 5.92 Å². The molecule has 1 rings (SSSR count). The zero-order chi connectivity index (χ0) is 15.1. The number of carbonyl (C=O) groups excluding carboxylic acids is 1. The summed E-state index contributed by atoms with van der Waals surface area (Å²) in [5.74, 6) is -0.467. The van der Waals surface area contributed by atoms with Gasteiger partial charge in [-0.3, -0.25) is 4.79 Å². The Bertz CT molecular complexity index is 325. The first kappa shape index (κ1) is 16.8. The SMILES string of the molecule is CC(CCNC(=O)N1C[C@@H](C)O[C@@H](C)C1)CCC(=O)O. The molecule has 2 amide bonds. The highest BCUT2D eigenvalue weighted by atomic mass is 16.5. The van der Waals surface area contributed by atoms with Crippen molar-refractivity contribution in [1.82, 2.24) is 10.2 Å². The van der Waals surface area contributed by atoms with Crippen LogP contribution >= 0.6 is 0 Å². The number of nitrogens with zero attached hydrogens (tertiary/aromatic N) is 1. The quantitative estimate of drug-likeness (QED) is 0.779. The zero-order valence-corrected chi connectivity index (χ0v) is 12.6. The van der Waals surface area contributed by atoms with Gasteiger partial charge in [0.2, 0.25) is 0 Å². The number of carboxylic acid groups (broad SMARTS) is 1. The van der Waals surface area contributed by atoms with Gasteiger partial charge >= 0.3 is 12.0 Å². The molecule has 6 nitrogen and oxygen atoms in total. The van der Waals surface area contributed by atoms with Crippen LogP contribution in [0.25, 0.3) is 0 Å². The topological polar surface area (TPSA) is 78.9 Å². The van der Waals surface area contributed by atoms with Crippen LogP contribution in [0.2, 0.25) is 0 Å². The number of amides is 2. The molecule has 1 saturated heterocycles. The van der Waals surface area contributed by atoms with Crippen LogP contribution in [0.15, 0.2) is 0 Å². The number of rotatable bonds is 6. The molecule has 0 saturated carbocycles. The molecule has 3 atom stereocenters. The fourth-order valence-corrected chi connectivity index (χ4v) is 2.40. The van der Waals surface area contributed by atoms with E-state index in [4.69, 9.17) is 9.84 Å². The monoisotopic (exact) mass is 286 g/mol. The first-order valence-corrected chi connectivity index (χ1v) is 7.28. The van der Waals surface area contributed by atoms with Crippen molar-refractivity contribution >= 4 is 12.0 Å². The molecule has 116 valence electrons. The lowest BCUT2D eigenvalue weighted by Gasteiger charge is -2.35. The maximum Gasteiger partial charge on any atom is 0.317 e. The normalized spacial score (nSPS) is 24.2. The number of ether oxygens (including phenoxy) is 1. The highest BCUT2D eigenvalue weighted by molar-refractivity contribution is 5.74. The van der Waals surface area contributed by atoms with Crippen LogP contribution < -0.4 is 5.32 Å². The number of urea groups is 1. The molecule has 1 unspecified atom stereocenters. The number of hydrogen-bond acceptors (Lipinski definition) is 3. The zero-order valence-electron chi connectivity index (χ0n) is 12.6. The minimum Gasteiger partial charge on any atom is -0.481 e. The first-order chi connectivity index (χ1) is 9.38. The van der Waals surface area contributed by atoms with E-state index < -0.39 is 5.97 Å². The van der Waals surface area contributed by atoms with Crippen LogP contribution in [0.3, 0.4) is 0 Å². The summed E-state index contributed by atoms with van der Waals surface area (Å²) in [7, 11) is 0. The van der Waals surface area contributed by atoms with Crippen molar-refractivity contribution in [3.63, 3.8) is 0 Å². The van der Waals surface area contributed by atoms with Crippen molar-refractivity contribution in [1.29, 1.82) is 0 Å². The summed E-state index contributed by atoms with van der Waals surface area (Å²) in [6.45, 7) is 7.75. The van der Waals surface area contributed by atoms with Crippen molar-refractivity contribution in [3.05, 3.63) is 0 Å². The van der Waals surface area contributed by atoms with Crippen LogP contribution in [0.4, 0.5) is 4.79 Å². The predicted molar refractivity (Wildman–Crippen MR) is 75.6 cm³/mol. The van der Waals surface area contributed by atoms with E-state index in [2.05, 4.69) is 5.32 Å². The maximum atomic E-state index is 12.0. The van der Waals surface area contributed by atoms with E-state index >= 15 is 0 Å². The summed E-state index contributed by atoms with van der Waals surface area (Å²) < 4.78 is 5.59. The van der Waals surface area contributed by atoms with Gasteiger partial charge in [0.15, 0.2) is 0 Å². The van der Waals surface area contributed by atoms with E-state index in [1.807, 2.05) is 20.8 Å². The van der Waals surface area contributed by atoms with E-state index in [1.54, 1.807) is 4.90 Å². The predicted octanol–water partition coefficient (Wildman–Crippen LogP) is 1.70. The minimum atomic E-state index is -0.767. The average Bonchev–Trinajstić information content (AvgIpc) is 2.35. The standard InChI is InChI=1S/C14H26N2O4/c1-10(4-5-13(17)18)6-7-15-14(19)16-8-11(2)20-12(3)9-16/h10-12H,4-9H2,1-3H3,(H,15,19)(H,17,18)/t10?,11-,12+. The maximum absolute atomic E-state index is 12.0. The van der Waals surface area contributed by atoms with Gasteiger partial charge < -0.3 is 20.1 Å². The van der Waals surface area contributed by atoms with E-state index in [0.717, 1.165) is 6.42 Å². The molecule has 1 fully saturated rings. The average molecular weight is 286 g/mol. The second-order valence-corrected chi connectivity index (χ2v) is 5.72. The Morgan fingerprint density at radius 1 is 1.30 bits per heavy atom. The number of hydrogen-bond donors (Lipinski definition) is 2. The Labute approximate surface area is 120 Å². The fraction of sp³-hybridized carbons (Fsp3) is 0.857. The summed E-state index contributed by atoms with van der Waals surface area (Å²) in [4.78, 5) is 24.2. The molecule has 1 heterocycles. The van der Waals surface area contributed by atoms with Gasteiger partial charge in [-0.2, -0.15) is 0 Å². The molecule has 0 aromatic carbocycles. The first-order valence-electron chi connectivity index (χ1n) is 7.28. The molecular weight excluding hydrogens is 260 g/mol. The van der Waals surface area contributed by atoms with Gasteiger partial charge in [0.25, 0.3) is 0 Å². The van der Waals surface area contributed by atoms with Gasteiger partial charge in [0, 0.05) is 26.1 Å². The van der Waals surface area contributed by atoms with Crippen molar-refractivity contribution in [3.8, 4) is 0 Å². The lowest BCUT2D eigenvalue weighted by atomic mass is 10.0. The van der Waals surface area contributed by atoms with Crippen molar-refractivity contribution < 1.29 is 19.4 Å². The van der Waals surface area contributed by atoms with E-state index in [9.17, 15) is 9.59 Å². The third-order valence-corrected chi connectivity index (χ3v) is 3.47. The van der Waals surface area contributed by atoms with E-state index in [-0.39, 0.29) is 24.7 Å². The van der Waals surface area contributed by atoms with E-state index in [0.29, 0.717) is 32.0 Å². The second kappa shape index (κ2) is 8.09. The largest absolute Gasteiger partial charge is 0.481 e. The van der Waals surface area contributed by atoms with Crippen molar-refractivity contribution in [2.75, 3.05) is 19.6 Å². The molecule has 0 spiro atoms. The molecule has 0 aromatic rings. The molecular formula is C14H26N2O4. The van der Waals surface area contributed by atoms with Gasteiger partial charge in [0.1, 0.15) is 0 Å². The summed E-state index contributed by atoms with van der Waals surface area (Å²) in [5, 5.41) is 11.5. The molecule has 0 aliphatic carbocycles. The lowest BCUT2D eigenvalue weighted by molar-refractivity contribution is -0.137. The number of carbonyl (C=O) groups is 2. The Balaban J connectivity index is 2.20. The second-order valence-electron chi connectivity index (χ2n) is 5.72. The summed E-state index contributed by atoms with van der Waals surface area (Å²) in [5.41, 5.74) is 0. The Morgan fingerprint density at radius 3 is 2.45 bits per heavy atom. The fourth-order valence-electron chi connectivity index (χ4n) is 2.40. The Kier molecular flexibility index (Phi) is 6.78. The molecule has 1 aliphatic heterocycles. The molecule has 1 aliphatic rings. The lowest BCUT2D eigenvalue weighted by Crippen LogP contribution is -2.51. The van der Waals surface area contributed by atoms with Crippen LogP contribution in [-0.4, -0.2) is 53.8 Å². The molecule has 20 heavy (non-hydrogen) atoms.